The highest BCUT2D eigenvalue weighted by Gasteiger charge is 2.45. The summed E-state index contributed by atoms with van der Waals surface area (Å²) in [6, 6.07) is 4.02. The van der Waals surface area contributed by atoms with E-state index in [1.807, 2.05) is 0 Å². The highest BCUT2D eigenvalue weighted by atomic mass is 32.1. The summed E-state index contributed by atoms with van der Waals surface area (Å²) in [5.41, 5.74) is 5.13. The molecule has 0 atom stereocenters. The first kappa shape index (κ1) is 16.1. The Labute approximate surface area is 127 Å². The maximum Gasteiger partial charge on any atom is 0.417 e. The summed E-state index contributed by atoms with van der Waals surface area (Å²) in [5, 5.41) is 3.12. The molecule has 21 heavy (non-hydrogen) atoms. The highest BCUT2D eigenvalue weighted by molar-refractivity contribution is 7.80. The lowest BCUT2D eigenvalue weighted by Crippen LogP contribution is -2.22. The van der Waals surface area contributed by atoms with Crippen LogP contribution in [-0.2, 0) is 6.18 Å². The fraction of sp³-hybridized carbons (Fsp3) is 0.533. The average Bonchev–Trinajstić information content (AvgIpc) is 3.16. The Morgan fingerprint density at radius 2 is 2.00 bits per heavy atom. The highest BCUT2D eigenvalue weighted by Crippen LogP contribution is 2.51. The van der Waals surface area contributed by atoms with Gasteiger partial charge < -0.3 is 11.1 Å². The van der Waals surface area contributed by atoms with Gasteiger partial charge in [-0.05, 0) is 42.4 Å². The third-order valence-corrected chi connectivity index (χ3v) is 4.57. The Kier molecular flexibility index (Phi) is 4.19. The summed E-state index contributed by atoms with van der Waals surface area (Å²) in [6.07, 6.45) is -2.23. The van der Waals surface area contributed by atoms with Gasteiger partial charge in [0.05, 0.1) is 5.56 Å². The van der Waals surface area contributed by atoms with Gasteiger partial charge in [-0.25, -0.2) is 0 Å². The minimum atomic E-state index is -4.47. The van der Waals surface area contributed by atoms with Crippen molar-refractivity contribution in [1.82, 2.24) is 0 Å². The van der Waals surface area contributed by atoms with Gasteiger partial charge in [0.25, 0.3) is 0 Å². The fourth-order valence-electron chi connectivity index (χ4n) is 2.50. The molecule has 116 valence electrons. The largest absolute Gasteiger partial charge is 0.417 e. The molecule has 0 radical (unpaired) electrons. The van der Waals surface area contributed by atoms with Crippen molar-refractivity contribution >= 4 is 22.9 Å². The molecular formula is C15H19F3N2S. The van der Waals surface area contributed by atoms with E-state index >= 15 is 0 Å². The van der Waals surface area contributed by atoms with Crippen LogP contribution in [0, 0.1) is 11.3 Å². The normalized spacial score (nSPS) is 16.9. The molecule has 2 rings (SSSR count). The number of rotatable bonds is 5. The molecule has 0 aliphatic heterocycles. The second-order valence-corrected chi connectivity index (χ2v) is 6.43. The van der Waals surface area contributed by atoms with Crippen molar-refractivity contribution in [2.75, 3.05) is 11.9 Å². The predicted molar refractivity (Wildman–Crippen MR) is 82.3 cm³/mol. The molecule has 6 heteroatoms. The van der Waals surface area contributed by atoms with E-state index < -0.39 is 11.7 Å². The zero-order chi connectivity index (χ0) is 15.8. The van der Waals surface area contributed by atoms with Gasteiger partial charge in [0, 0.05) is 17.8 Å². The predicted octanol–water partition coefficient (Wildman–Crippen LogP) is 4.19. The molecule has 0 bridgehead atoms. The third-order valence-electron chi connectivity index (χ3n) is 4.35. The van der Waals surface area contributed by atoms with E-state index in [1.165, 1.54) is 6.07 Å². The topological polar surface area (TPSA) is 38.0 Å². The fourth-order valence-corrected chi connectivity index (χ4v) is 2.68. The molecule has 3 N–H and O–H groups in total. The summed E-state index contributed by atoms with van der Waals surface area (Å²) >= 11 is 4.69. The van der Waals surface area contributed by atoms with Gasteiger partial charge in [-0.15, -0.1) is 0 Å². The van der Waals surface area contributed by atoms with Crippen LogP contribution >= 0.6 is 12.2 Å². The Morgan fingerprint density at radius 1 is 1.38 bits per heavy atom. The standard InChI is InChI=1S/C15H19F3N2S/c1-9(2)14(5-6-14)8-20-10-3-4-11(13(19)21)12(7-10)15(16,17)18/h3-4,7,9,20H,5-6,8H2,1-2H3,(H2,19,21). The zero-order valence-electron chi connectivity index (χ0n) is 12.1. The number of nitrogens with one attached hydrogen (secondary N) is 1. The van der Waals surface area contributed by atoms with Gasteiger partial charge in [0.15, 0.2) is 0 Å². The summed E-state index contributed by atoms with van der Waals surface area (Å²) < 4.78 is 39.2. The molecule has 0 saturated heterocycles. The quantitative estimate of drug-likeness (QED) is 0.800. The van der Waals surface area contributed by atoms with Crippen molar-refractivity contribution in [2.45, 2.75) is 32.9 Å². The SMILES string of the molecule is CC(C)C1(CNc2ccc(C(N)=S)c(C(F)(F)F)c2)CC1. The second-order valence-electron chi connectivity index (χ2n) is 5.99. The van der Waals surface area contributed by atoms with Gasteiger partial charge in [0.2, 0.25) is 0 Å². The minimum Gasteiger partial charge on any atom is -0.389 e. The van der Waals surface area contributed by atoms with Crippen molar-refractivity contribution in [3.63, 3.8) is 0 Å². The lowest BCUT2D eigenvalue weighted by Gasteiger charge is -2.21. The van der Waals surface area contributed by atoms with E-state index in [1.54, 1.807) is 6.07 Å². The first-order chi connectivity index (χ1) is 9.66. The Balaban J connectivity index is 2.20. The molecule has 1 aromatic carbocycles. The number of anilines is 1. The number of thiocarbonyl (C=S) groups is 1. The van der Waals surface area contributed by atoms with Crippen LogP contribution in [0.5, 0.6) is 0 Å². The summed E-state index contributed by atoms with van der Waals surface area (Å²) in [6.45, 7) is 4.98. The van der Waals surface area contributed by atoms with Crippen LogP contribution in [0.3, 0.4) is 0 Å². The third kappa shape index (κ3) is 3.48. The van der Waals surface area contributed by atoms with Crippen LogP contribution in [0.4, 0.5) is 18.9 Å². The smallest absolute Gasteiger partial charge is 0.389 e. The second kappa shape index (κ2) is 5.48. The Morgan fingerprint density at radius 3 is 2.43 bits per heavy atom. The molecule has 0 heterocycles. The molecule has 0 unspecified atom stereocenters. The lowest BCUT2D eigenvalue weighted by molar-refractivity contribution is -0.137. The average molecular weight is 316 g/mol. The van der Waals surface area contributed by atoms with E-state index in [-0.39, 0.29) is 16.0 Å². The molecule has 1 aromatic rings. The van der Waals surface area contributed by atoms with Crippen LogP contribution < -0.4 is 11.1 Å². The first-order valence-corrected chi connectivity index (χ1v) is 7.31. The van der Waals surface area contributed by atoms with Crippen LogP contribution in [0.2, 0.25) is 0 Å². The summed E-state index contributed by atoms with van der Waals surface area (Å²) in [5.74, 6) is 0.517. The molecular weight excluding hydrogens is 297 g/mol. The lowest BCUT2D eigenvalue weighted by atomic mass is 9.92. The zero-order valence-corrected chi connectivity index (χ0v) is 12.9. The molecule has 1 fully saturated rings. The maximum atomic E-state index is 13.1. The molecule has 2 nitrogen and oxygen atoms in total. The van der Waals surface area contributed by atoms with Crippen molar-refractivity contribution in [2.24, 2.45) is 17.1 Å². The number of benzene rings is 1. The van der Waals surface area contributed by atoms with Gasteiger partial charge in [-0.2, -0.15) is 13.2 Å². The molecule has 1 aliphatic carbocycles. The van der Waals surface area contributed by atoms with Gasteiger partial charge >= 0.3 is 6.18 Å². The maximum absolute atomic E-state index is 13.1. The van der Waals surface area contributed by atoms with E-state index in [4.69, 9.17) is 5.73 Å². The van der Waals surface area contributed by atoms with E-state index in [0.717, 1.165) is 18.9 Å². The van der Waals surface area contributed by atoms with Gasteiger partial charge in [-0.3, -0.25) is 0 Å². The van der Waals surface area contributed by atoms with Crippen molar-refractivity contribution < 1.29 is 13.2 Å². The molecule has 0 aromatic heterocycles. The van der Waals surface area contributed by atoms with Crippen LogP contribution in [0.25, 0.3) is 0 Å². The monoisotopic (exact) mass is 316 g/mol. The van der Waals surface area contributed by atoms with Crippen LogP contribution in [0.1, 0.15) is 37.8 Å². The van der Waals surface area contributed by atoms with Crippen LogP contribution in [0.15, 0.2) is 18.2 Å². The van der Waals surface area contributed by atoms with E-state index in [9.17, 15) is 13.2 Å². The van der Waals surface area contributed by atoms with E-state index in [0.29, 0.717) is 18.2 Å². The number of hydrogen-bond acceptors (Lipinski definition) is 2. The first-order valence-electron chi connectivity index (χ1n) is 6.91. The van der Waals surface area contributed by atoms with E-state index in [2.05, 4.69) is 31.4 Å². The Bertz CT molecular complexity index is 548. The van der Waals surface area contributed by atoms with Gasteiger partial charge in [-0.1, -0.05) is 26.1 Å². The number of hydrogen-bond donors (Lipinski definition) is 2. The Hall–Kier alpha value is -1.30. The molecule has 1 aliphatic rings. The van der Waals surface area contributed by atoms with Crippen molar-refractivity contribution in [1.29, 1.82) is 0 Å². The van der Waals surface area contributed by atoms with Crippen LogP contribution in [-0.4, -0.2) is 11.5 Å². The molecule has 1 saturated carbocycles. The minimum absolute atomic E-state index is 0.131. The molecule has 0 amide bonds. The van der Waals surface area contributed by atoms with Gasteiger partial charge in [0.1, 0.15) is 4.99 Å². The number of halogens is 3. The van der Waals surface area contributed by atoms with Crippen molar-refractivity contribution in [3.05, 3.63) is 29.3 Å². The number of alkyl halides is 3. The summed E-state index contributed by atoms with van der Waals surface area (Å²) in [7, 11) is 0. The summed E-state index contributed by atoms with van der Waals surface area (Å²) in [4.78, 5) is -0.241. The van der Waals surface area contributed by atoms with Crippen molar-refractivity contribution in [3.8, 4) is 0 Å². The number of nitrogens with two attached hydrogens (primary N) is 1. The molecule has 0 spiro atoms.